The van der Waals surface area contributed by atoms with E-state index in [9.17, 15) is 8.42 Å². The molecule has 3 heterocycles. The van der Waals surface area contributed by atoms with Crippen molar-refractivity contribution in [2.24, 2.45) is 5.41 Å². The number of para-hydroxylation sites is 2. The summed E-state index contributed by atoms with van der Waals surface area (Å²) in [6.07, 6.45) is 6.17. The Balaban J connectivity index is 1.58. The molecule has 146 valence electrons. The fourth-order valence-electron chi connectivity index (χ4n) is 4.43. The Bertz CT molecular complexity index is 927. The number of aromatic nitrogens is 2. The van der Waals surface area contributed by atoms with Crippen LogP contribution in [-0.2, 0) is 10.0 Å². The Morgan fingerprint density at radius 3 is 2.74 bits per heavy atom. The van der Waals surface area contributed by atoms with Crippen LogP contribution < -0.4 is 4.74 Å². The molecule has 2 aliphatic rings. The first-order valence-corrected chi connectivity index (χ1v) is 10.7. The first-order valence-electron chi connectivity index (χ1n) is 9.30. The Morgan fingerprint density at radius 2 is 1.96 bits per heavy atom. The molecule has 1 unspecified atom stereocenters. The maximum Gasteiger partial charge on any atom is 0.246 e. The quantitative estimate of drug-likeness (QED) is 0.799. The summed E-state index contributed by atoms with van der Waals surface area (Å²) in [5, 5.41) is 4.27. The van der Waals surface area contributed by atoms with Gasteiger partial charge in [0.25, 0.3) is 0 Å². The summed E-state index contributed by atoms with van der Waals surface area (Å²) in [6.45, 7) is 3.25. The molecule has 2 aromatic rings. The van der Waals surface area contributed by atoms with Crippen molar-refractivity contribution in [1.29, 1.82) is 0 Å². The minimum Gasteiger partial charge on any atom is -0.494 e. The number of hydrogen-bond donors (Lipinski definition) is 0. The van der Waals surface area contributed by atoms with Crippen LogP contribution in [0.2, 0.25) is 0 Å². The van der Waals surface area contributed by atoms with Gasteiger partial charge >= 0.3 is 0 Å². The number of nitrogens with zero attached hydrogens (tertiary/aromatic N) is 4. The van der Waals surface area contributed by atoms with E-state index in [0.29, 0.717) is 24.5 Å². The first-order chi connectivity index (χ1) is 12.9. The van der Waals surface area contributed by atoms with Crippen LogP contribution in [0.3, 0.4) is 0 Å². The minimum absolute atomic E-state index is 0.0959. The number of ether oxygens (including phenoxy) is 1. The van der Waals surface area contributed by atoms with E-state index in [0.717, 1.165) is 32.4 Å². The summed E-state index contributed by atoms with van der Waals surface area (Å²) in [5.74, 6) is 0.648. The van der Waals surface area contributed by atoms with Crippen LogP contribution in [0.25, 0.3) is 5.69 Å². The summed E-state index contributed by atoms with van der Waals surface area (Å²) in [5.41, 5.74) is 0.812. The zero-order valence-corrected chi connectivity index (χ0v) is 16.7. The molecule has 2 saturated heterocycles. The second kappa shape index (κ2) is 6.92. The summed E-state index contributed by atoms with van der Waals surface area (Å²) in [7, 11) is 0.161. The number of rotatable bonds is 4. The molecule has 7 nitrogen and oxygen atoms in total. The lowest BCUT2D eigenvalue weighted by molar-refractivity contribution is 0.121. The van der Waals surface area contributed by atoms with Crippen molar-refractivity contribution in [2.45, 2.75) is 24.2 Å². The smallest absolute Gasteiger partial charge is 0.246 e. The van der Waals surface area contributed by atoms with Crippen LogP contribution in [0.15, 0.2) is 41.6 Å². The van der Waals surface area contributed by atoms with Crippen LogP contribution in [0.1, 0.15) is 19.3 Å². The van der Waals surface area contributed by atoms with E-state index in [4.69, 9.17) is 4.74 Å². The molecule has 1 aromatic carbocycles. The number of piperidine rings is 1. The lowest BCUT2D eigenvalue weighted by Crippen LogP contribution is -2.43. The van der Waals surface area contributed by atoms with E-state index >= 15 is 0 Å². The first kappa shape index (κ1) is 18.5. The molecule has 1 atom stereocenters. The summed E-state index contributed by atoms with van der Waals surface area (Å²) >= 11 is 0. The third-order valence-corrected chi connectivity index (χ3v) is 7.58. The standard InChI is InChI=1S/C19H26N4O3S/c1-21-10-5-8-19(14-21)9-11-22(15-19)27(24,25)16-12-20-23(13-16)17-6-3-4-7-18(17)26-2/h3-4,6-7,12-13H,5,8-11,14-15H2,1-2H3. The monoisotopic (exact) mass is 390 g/mol. The van der Waals surface area contributed by atoms with Crippen molar-refractivity contribution in [2.75, 3.05) is 40.3 Å². The number of likely N-dealkylation sites (tertiary alicyclic amines) is 1. The van der Waals surface area contributed by atoms with E-state index in [1.165, 1.54) is 6.20 Å². The van der Waals surface area contributed by atoms with Crippen LogP contribution in [0.5, 0.6) is 5.75 Å². The van der Waals surface area contributed by atoms with Gasteiger partial charge in [-0.15, -0.1) is 0 Å². The van der Waals surface area contributed by atoms with Crippen molar-refractivity contribution in [3.63, 3.8) is 0 Å². The molecule has 0 aliphatic carbocycles. The number of hydrogen-bond acceptors (Lipinski definition) is 5. The van der Waals surface area contributed by atoms with E-state index in [-0.39, 0.29) is 10.3 Å². The average Bonchev–Trinajstić information content (AvgIpc) is 3.30. The van der Waals surface area contributed by atoms with Crippen molar-refractivity contribution >= 4 is 10.0 Å². The number of sulfonamides is 1. The molecule has 4 rings (SSSR count). The molecular formula is C19H26N4O3S. The molecule has 0 N–H and O–H groups in total. The van der Waals surface area contributed by atoms with Crippen molar-refractivity contribution in [1.82, 2.24) is 19.0 Å². The maximum absolute atomic E-state index is 13.2. The molecule has 2 aliphatic heterocycles. The van der Waals surface area contributed by atoms with Crippen LogP contribution in [0.4, 0.5) is 0 Å². The Hall–Kier alpha value is -1.90. The molecule has 8 heteroatoms. The largest absolute Gasteiger partial charge is 0.494 e. The fraction of sp³-hybridized carbons (Fsp3) is 0.526. The molecule has 0 amide bonds. The van der Waals surface area contributed by atoms with Gasteiger partial charge in [0.2, 0.25) is 10.0 Å². The molecule has 1 spiro atoms. The van der Waals surface area contributed by atoms with Crippen molar-refractivity contribution < 1.29 is 13.2 Å². The maximum atomic E-state index is 13.2. The topological polar surface area (TPSA) is 67.7 Å². The zero-order chi connectivity index (χ0) is 19.1. The van der Waals surface area contributed by atoms with Gasteiger partial charge in [-0.3, -0.25) is 0 Å². The molecular weight excluding hydrogens is 364 g/mol. The third-order valence-electron chi connectivity index (χ3n) is 5.78. The number of methoxy groups -OCH3 is 1. The Labute approximate surface area is 160 Å². The molecule has 0 bridgehead atoms. The van der Waals surface area contributed by atoms with E-state index < -0.39 is 10.0 Å². The lowest BCUT2D eigenvalue weighted by Gasteiger charge is -2.38. The second-order valence-corrected chi connectivity index (χ2v) is 9.66. The molecule has 1 aromatic heterocycles. The predicted molar refractivity (Wildman–Crippen MR) is 103 cm³/mol. The fourth-order valence-corrected chi connectivity index (χ4v) is 5.91. The average molecular weight is 391 g/mol. The normalized spacial score (nSPS) is 24.5. The predicted octanol–water partition coefficient (Wildman–Crippen LogP) is 1.99. The summed E-state index contributed by atoms with van der Waals surface area (Å²) in [4.78, 5) is 2.55. The molecule has 0 saturated carbocycles. The van der Waals surface area contributed by atoms with Crippen molar-refractivity contribution in [3.05, 3.63) is 36.7 Å². The molecule has 2 fully saturated rings. The van der Waals surface area contributed by atoms with Gasteiger partial charge in [-0.1, -0.05) is 12.1 Å². The minimum atomic E-state index is -3.55. The number of benzene rings is 1. The van der Waals surface area contributed by atoms with Gasteiger partial charge in [-0.2, -0.15) is 9.40 Å². The van der Waals surface area contributed by atoms with Gasteiger partial charge in [-0.25, -0.2) is 13.1 Å². The summed E-state index contributed by atoms with van der Waals surface area (Å²) < 4.78 is 34.9. The van der Waals surface area contributed by atoms with Crippen LogP contribution in [-0.4, -0.2) is 67.7 Å². The third kappa shape index (κ3) is 3.37. The van der Waals surface area contributed by atoms with Gasteiger partial charge in [0, 0.05) is 19.6 Å². The highest BCUT2D eigenvalue weighted by molar-refractivity contribution is 7.89. The SMILES string of the molecule is COc1ccccc1-n1cc(S(=O)(=O)N2CCC3(CCCN(C)C3)C2)cn1. The van der Waals surface area contributed by atoms with Gasteiger partial charge in [0.15, 0.2) is 0 Å². The Kier molecular flexibility index (Phi) is 4.73. The van der Waals surface area contributed by atoms with Crippen LogP contribution in [0, 0.1) is 5.41 Å². The van der Waals surface area contributed by atoms with Gasteiger partial charge in [0.05, 0.1) is 19.5 Å². The van der Waals surface area contributed by atoms with E-state index in [2.05, 4.69) is 17.0 Å². The van der Waals surface area contributed by atoms with E-state index in [1.807, 2.05) is 24.3 Å². The Morgan fingerprint density at radius 1 is 1.15 bits per heavy atom. The van der Waals surface area contributed by atoms with Gasteiger partial charge < -0.3 is 9.64 Å². The zero-order valence-electron chi connectivity index (χ0n) is 15.8. The van der Waals surface area contributed by atoms with Gasteiger partial charge in [0.1, 0.15) is 16.3 Å². The molecule has 0 radical (unpaired) electrons. The summed E-state index contributed by atoms with van der Waals surface area (Å²) in [6, 6.07) is 7.42. The second-order valence-electron chi connectivity index (χ2n) is 7.72. The highest BCUT2D eigenvalue weighted by atomic mass is 32.2. The highest BCUT2D eigenvalue weighted by Crippen LogP contribution is 2.40. The lowest BCUT2D eigenvalue weighted by atomic mass is 9.79. The molecule has 27 heavy (non-hydrogen) atoms. The highest BCUT2D eigenvalue weighted by Gasteiger charge is 2.44. The van der Waals surface area contributed by atoms with Crippen molar-refractivity contribution in [3.8, 4) is 11.4 Å². The van der Waals surface area contributed by atoms with Gasteiger partial charge in [-0.05, 0) is 50.4 Å². The van der Waals surface area contributed by atoms with E-state index in [1.54, 1.807) is 22.3 Å². The van der Waals surface area contributed by atoms with Crippen LogP contribution >= 0.6 is 0 Å².